The first-order valence-electron chi connectivity index (χ1n) is 9.38. The number of rotatable bonds is 6. The molecule has 3 rings (SSSR count). The first kappa shape index (κ1) is 20.3. The number of alkyl halides is 3. The van der Waals surface area contributed by atoms with Crippen LogP contribution in [0.5, 0.6) is 5.75 Å². The molecule has 0 unspecified atom stereocenters. The lowest BCUT2D eigenvalue weighted by molar-refractivity contribution is -0.274. The Bertz CT molecular complexity index is 966. The highest BCUT2D eigenvalue weighted by atomic mass is 19.4. The van der Waals surface area contributed by atoms with Crippen molar-refractivity contribution < 1.29 is 17.9 Å². The van der Waals surface area contributed by atoms with Gasteiger partial charge in [0.15, 0.2) is 0 Å². The van der Waals surface area contributed by atoms with Crippen molar-refractivity contribution in [3.8, 4) is 17.0 Å². The van der Waals surface area contributed by atoms with Crippen LogP contribution in [-0.2, 0) is 6.42 Å². The molecule has 3 nitrogen and oxygen atoms in total. The molecule has 0 aliphatic heterocycles. The molecule has 0 saturated carbocycles. The van der Waals surface area contributed by atoms with Crippen LogP contribution in [0.3, 0.4) is 0 Å². The zero-order valence-electron chi connectivity index (χ0n) is 16.3. The third-order valence-electron chi connectivity index (χ3n) is 4.92. The first-order valence-corrected chi connectivity index (χ1v) is 9.38. The molecule has 0 aliphatic carbocycles. The van der Waals surface area contributed by atoms with Crippen molar-refractivity contribution in [2.24, 2.45) is 5.73 Å². The Morgan fingerprint density at radius 1 is 1.00 bits per heavy atom. The minimum Gasteiger partial charge on any atom is -0.406 e. The largest absolute Gasteiger partial charge is 0.573 e. The third-order valence-corrected chi connectivity index (χ3v) is 4.92. The van der Waals surface area contributed by atoms with Gasteiger partial charge in [0.25, 0.3) is 0 Å². The Morgan fingerprint density at radius 2 is 1.68 bits per heavy atom. The third kappa shape index (κ3) is 4.33. The Hall–Kier alpha value is -2.47. The van der Waals surface area contributed by atoms with Crippen LogP contribution in [0.4, 0.5) is 13.2 Å². The van der Waals surface area contributed by atoms with E-state index in [9.17, 15) is 13.2 Å². The SMILES string of the molecule is Cc1cc(C)c(-c2[nH]c3ccc(OC(F)(F)F)cc3c2CCCCN)c(C)c1. The van der Waals surface area contributed by atoms with Crippen molar-refractivity contribution in [3.05, 3.63) is 52.6 Å². The molecule has 0 amide bonds. The molecule has 6 heteroatoms. The molecule has 28 heavy (non-hydrogen) atoms. The summed E-state index contributed by atoms with van der Waals surface area (Å²) in [5, 5.41) is 0.758. The number of nitrogens with two attached hydrogens (primary N) is 1. The van der Waals surface area contributed by atoms with Crippen LogP contribution in [0.25, 0.3) is 22.2 Å². The molecule has 0 bridgehead atoms. The second kappa shape index (κ2) is 7.87. The maximum absolute atomic E-state index is 12.7. The van der Waals surface area contributed by atoms with Crippen LogP contribution >= 0.6 is 0 Å². The van der Waals surface area contributed by atoms with Crippen LogP contribution < -0.4 is 10.5 Å². The molecule has 1 aromatic heterocycles. The number of H-pyrrole nitrogens is 1. The van der Waals surface area contributed by atoms with Crippen LogP contribution in [0.1, 0.15) is 35.1 Å². The van der Waals surface area contributed by atoms with Gasteiger partial charge in [-0.15, -0.1) is 13.2 Å². The van der Waals surface area contributed by atoms with Gasteiger partial charge < -0.3 is 15.5 Å². The van der Waals surface area contributed by atoms with Gasteiger partial charge in [-0.1, -0.05) is 17.7 Å². The molecule has 0 aliphatic rings. The highest BCUT2D eigenvalue weighted by Gasteiger charge is 2.31. The topological polar surface area (TPSA) is 51.0 Å². The highest BCUT2D eigenvalue weighted by Crippen LogP contribution is 2.37. The molecule has 3 N–H and O–H groups in total. The Morgan fingerprint density at radius 3 is 2.29 bits per heavy atom. The zero-order valence-corrected chi connectivity index (χ0v) is 16.3. The molecular formula is C22H25F3N2O. The smallest absolute Gasteiger partial charge is 0.406 e. The van der Waals surface area contributed by atoms with Gasteiger partial charge >= 0.3 is 6.36 Å². The van der Waals surface area contributed by atoms with Gasteiger partial charge in [0.1, 0.15) is 5.75 Å². The monoisotopic (exact) mass is 390 g/mol. The highest BCUT2D eigenvalue weighted by molar-refractivity contribution is 5.93. The number of aryl methyl sites for hydroxylation is 4. The van der Waals surface area contributed by atoms with Gasteiger partial charge in [0, 0.05) is 16.5 Å². The average Bonchev–Trinajstić information content (AvgIpc) is 2.90. The molecule has 1 heterocycles. The summed E-state index contributed by atoms with van der Waals surface area (Å²) in [6.45, 7) is 6.76. The van der Waals surface area contributed by atoms with E-state index in [4.69, 9.17) is 5.73 Å². The molecule has 0 spiro atoms. The summed E-state index contributed by atoms with van der Waals surface area (Å²) in [4.78, 5) is 3.43. The number of fused-ring (bicyclic) bond motifs is 1. The predicted octanol–water partition coefficient (Wildman–Crippen LogP) is 5.94. The Kier molecular flexibility index (Phi) is 5.70. The first-order chi connectivity index (χ1) is 13.2. The van der Waals surface area contributed by atoms with Crippen molar-refractivity contribution in [1.29, 1.82) is 0 Å². The molecular weight excluding hydrogens is 365 g/mol. The molecule has 0 fully saturated rings. The van der Waals surface area contributed by atoms with Crippen LogP contribution in [-0.4, -0.2) is 17.9 Å². The summed E-state index contributed by atoms with van der Waals surface area (Å²) < 4.78 is 42.1. The van der Waals surface area contributed by atoms with Crippen molar-refractivity contribution in [3.63, 3.8) is 0 Å². The molecule has 0 atom stereocenters. The van der Waals surface area contributed by atoms with Gasteiger partial charge in [-0.3, -0.25) is 0 Å². The fourth-order valence-electron chi connectivity index (χ4n) is 3.92. The molecule has 2 aromatic carbocycles. The molecule has 3 aromatic rings. The number of hydrogen-bond acceptors (Lipinski definition) is 2. The van der Waals surface area contributed by atoms with Crippen LogP contribution in [0.2, 0.25) is 0 Å². The second-order valence-electron chi connectivity index (χ2n) is 7.25. The molecule has 150 valence electrons. The average molecular weight is 390 g/mol. The summed E-state index contributed by atoms with van der Waals surface area (Å²) in [7, 11) is 0. The maximum atomic E-state index is 12.7. The normalized spacial score (nSPS) is 12.0. The predicted molar refractivity (Wildman–Crippen MR) is 107 cm³/mol. The van der Waals surface area contributed by atoms with Crippen LogP contribution in [0, 0.1) is 20.8 Å². The summed E-state index contributed by atoms with van der Waals surface area (Å²) in [5.74, 6) is -0.206. The number of nitrogens with one attached hydrogen (secondary N) is 1. The van der Waals surface area contributed by atoms with Crippen molar-refractivity contribution in [2.75, 3.05) is 6.54 Å². The number of halogens is 3. The number of ether oxygens (including phenoxy) is 1. The van der Waals surface area contributed by atoms with Crippen LogP contribution in [0.15, 0.2) is 30.3 Å². The Labute approximate surface area is 162 Å². The van der Waals surface area contributed by atoms with E-state index >= 15 is 0 Å². The fraction of sp³-hybridized carbons (Fsp3) is 0.364. The number of aromatic amines is 1. The van der Waals surface area contributed by atoms with Gasteiger partial charge in [0.05, 0.1) is 5.69 Å². The van der Waals surface area contributed by atoms with Gasteiger partial charge in [-0.25, -0.2) is 0 Å². The lowest BCUT2D eigenvalue weighted by Crippen LogP contribution is -2.16. The number of unbranched alkanes of at least 4 members (excludes halogenated alkanes) is 1. The van der Waals surface area contributed by atoms with Gasteiger partial charge in [-0.2, -0.15) is 0 Å². The lowest BCUT2D eigenvalue weighted by atomic mass is 9.93. The lowest BCUT2D eigenvalue weighted by Gasteiger charge is -2.13. The quantitative estimate of drug-likeness (QED) is 0.512. The van der Waals surface area contributed by atoms with Crippen molar-refractivity contribution >= 4 is 10.9 Å². The summed E-state index contributed by atoms with van der Waals surface area (Å²) in [6.07, 6.45) is -2.26. The van der Waals surface area contributed by atoms with Crippen molar-refractivity contribution in [1.82, 2.24) is 4.98 Å². The van der Waals surface area contributed by atoms with E-state index in [0.29, 0.717) is 6.54 Å². The zero-order chi connectivity index (χ0) is 20.5. The minimum absolute atomic E-state index is 0.206. The number of aromatic nitrogens is 1. The van der Waals surface area contributed by atoms with E-state index in [1.165, 1.54) is 17.7 Å². The number of hydrogen-bond donors (Lipinski definition) is 2. The standard InChI is InChI=1S/C22H25F3N2O/c1-13-10-14(2)20(15(3)11-13)21-17(6-4-5-9-26)18-12-16(28-22(23,24)25)7-8-19(18)27-21/h7-8,10-12,27H,4-6,9,26H2,1-3H3. The van der Waals surface area contributed by atoms with Gasteiger partial charge in [0.2, 0.25) is 0 Å². The van der Waals surface area contributed by atoms with E-state index in [1.807, 2.05) is 0 Å². The van der Waals surface area contributed by atoms with Crippen molar-refractivity contribution in [2.45, 2.75) is 46.4 Å². The summed E-state index contributed by atoms with van der Waals surface area (Å²) in [5.41, 5.74) is 13.0. The molecule has 0 radical (unpaired) electrons. The fourth-order valence-corrected chi connectivity index (χ4v) is 3.92. The van der Waals surface area contributed by atoms with E-state index in [0.717, 1.165) is 58.1 Å². The minimum atomic E-state index is -4.71. The summed E-state index contributed by atoms with van der Waals surface area (Å²) >= 11 is 0. The summed E-state index contributed by atoms with van der Waals surface area (Å²) in [6, 6.07) is 8.70. The Balaban J connectivity index is 2.17. The van der Waals surface area contributed by atoms with E-state index in [2.05, 4.69) is 42.6 Å². The van der Waals surface area contributed by atoms with E-state index < -0.39 is 6.36 Å². The second-order valence-corrected chi connectivity index (χ2v) is 7.25. The number of benzene rings is 2. The van der Waals surface area contributed by atoms with E-state index in [1.54, 1.807) is 6.07 Å². The van der Waals surface area contributed by atoms with Gasteiger partial charge in [-0.05, 0) is 81.5 Å². The molecule has 0 saturated heterocycles. The van der Waals surface area contributed by atoms with E-state index in [-0.39, 0.29) is 5.75 Å². The maximum Gasteiger partial charge on any atom is 0.573 e.